The Labute approximate surface area is 136 Å². The van der Waals surface area contributed by atoms with Crippen LogP contribution in [0, 0.1) is 11.8 Å². The summed E-state index contributed by atoms with van der Waals surface area (Å²) in [6.07, 6.45) is 0. The van der Waals surface area contributed by atoms with Crippen LogP contribution in [0.3, 0.4) is 0 Å². The third-order valence-electron chi connectivity index (χ3n) is 4.61. The zero-order valence-corrected chi connectivity index (χ0v) is 14.0. The van der Waals surface area contributed by atoms with Crippen molar-refractivity contribution in [1.29, 1.82) is 0 Å². The first kappa shape index (κ1) is 16.2. The van der Waals surface area contributed by atoms with Crippen molar-refractivity contribution in [3.8, 4) is 0 Å². The highest BCUT2D eigenvalue weighted by atomic mass is 16.5. The number of esters is 1. The number of carbonyl (C=O) groups is 1. The molecule has 0 radical (unpaired) electrons. The standard InChI is InChI=1S/C15H18N2O4.C2H6/c1-19-15(18)12-2-9-5-21-8-13(9)16-14(12)17-3-10-6-20-7-11(10)4-17;1-2/h2,10-11H,3-8H2,1H3;1-2H3. The topological polar surface area (TPSA) is 60.9 Å². The molecule has 1 aromatic heterocycles. The lowest BCUT2D eigenvalue weighted by Crippen LogP contribution is -2.26. The summed E-state index contributed by atoms with van der Waals surface area (Å²) in [5, 5.41) is 0. The van der Waals surface area contributed by atoms with Crippen LogP contribution in [0.5, 0.6) is 0 Å². The van der Waals surface area contributed by atoms with Crippen LogP contribution in [0.25, 0.3) is 0 Å². The molecule has 0 aliphatic carbocycles. The van der Waals surface area contributed by atoms with E-state index in [9.17, 15) is 4.79 Å². The molecule has 1 aromatic rings. The Morgan fingerprint density at radius 3 is 2.57 bits per heavy atom. The third-order valence-corrected chi connectivity index (χ3v) is 4.61. The first-order chi connectivity index (χ1) is 11.3. The summed E-state index contributed by atoms with van der Waals surface area (Å²) in [5.74, 6) is 1.49. The molecule has 0 aromatic carbocycles. The summed E-state index contributed by atoms with van der Waals surface area (Å²) in [5.41, 5.74) is 2.47. The number of aromatic nitrogens is 1. The molecule has 2 saturated heterocycles. The van der Waals surface area contributed by atoms with Gasteiger partial charge in [0.15, 0.2) is 0 Å². The normalized spacial score (nSPS) is 24.7. The molecule has 4 heterocycles. The molecule has 0 bridgehead atoms. The second kappa shape index (κ2) is 6.84. The Morgan fingerprint density at radius 2 is 1.91 bits per heavy atom. The van der Waals surface area contributed by atoms with Gasteiger partial charge in [-0.2, -0.15) is 0 Å². The number of nitrogens with zero attached hydrogens (tertiary/aromatic N) is 2. The number of methoxy groups -OCH3 is 1. The van der Waals surface area contributed by atoms with Crippen molar-refractivity contribution in [2.45, 2.75) is 27.1 Å². The number of rotatable bonds is 2. The fourth-order valence-corrected chi connectivity index (χ4v) is 3.45. The largest absolute Gasteiger partial charge is 0.465 e. The molecule has 6 nitrogen and oxygen atoms in total. The van der Waals surface area contributed by atoms with E-state index < -0.39 is 0 Å². The van der Waals surface area contributed by atoms with Gasteiger partial charge in [-0.05, 0) is 6.07 Å². The number of carbonyl (C=O) groups excluding carboxylic acids is 1. The zero-order chi connectivity index (χ0) is 16.4. The molecule has 0 saturated carbocycles. The van der Waals surface area contributed by atoms with Gasteiger partial charge in [0.05, 0.1) is 39.2 Å². The van der Waals surface area contributed by atoms with Crippen molar-refractivity contribution < 1.29 is 19.0 Å². The Balaban J connectivity index is 0.000000753. The van der Waals surface area contributed by atoms with Gasteiger partial charge in [-0.25, -0.2) is 9.78 Å². The number of hydrogen-bond donors (Lipinski definition) is 0. The van der Waals surface area contributed by atoms with Crippen molar-refractivity contribution in [3.05, 3.63) is 22.9 Å². The number of hydrogen-bond acceptors (Lipinski definition) is 6. The van der Waals surface area contributed by atoms with Crippen LogP contribution in [0.4, 0.5) is 5.82 Å². The molecule has 3 aliphatic heterocycles. The van der Waals surface area contributed by atoms with E-state index in [0.29, 0.717) is 30.6 Å². The van der Waals surface area contributed by atoms with Crippen molar-refractivity contribution in [2.24, 2.45) is 11.8 Å². The predicted molar refractivity (Wildman–Crippen MR) is 85.4 cm³/mol. The SMILES string of the molecule is CC.COC(=O)c1cc2c(nc1N1CC3COCC3C1)COC2. The monoisotopic (exact) mass is 320 g/mol. The molecular weight excluding hydrogens is 296 g/mol. The van der Waals surface area contributed by atoms with Gasteiger partial charge in [0.1, 0.15) is 11.4 Å². The van der Waals surface area contributed by atoms with Crippen molar-refractivity contribution in [3.63, 3.8) is 0 Å². The second-order valence-corrected chi connectivity index (χ2v) is 5.91. The number of anilines is 1. The van der Waals surface area contributed by atoms with Crippen molar-refractivity contribution in [1.82, 2.24) is 4.98 Å². The minimum absolute atomic E-state index is 0.333. The molecule has 2 unspecified atom stereocenters. The zero-order valence-electron chi connectivity index (χ0n) is 14.0. The molecule has 2 fully saturated rings. The maximum absolute atomic E-state index is 12.1. The maximum Gasteiger partial charge on any atom is 0.341 e. The van der Waals surface area contributed by atoms with Gasteiger partial charge in [0.2, 0.25) is 0 Å². The minimum Gasteiger partial charge on any atom is -0.465 e. The number of ether oxygens (including phenoxy) is 3. The van der Waals surface area contributed by atoms with E-state index in [1.807, 2.05) is 19.9 Å². The molecule has 6 heteroatoms. The molecule has 0 amide bonds. The van der Waals surface area contributed by atoms with E-state index in [1.54, 1.807) is 0 Å². The van der Waals surface area contributed by atoms with Gasteiger partial charge < -0.3 is 19.1 Å². The van der Waals surface area contributed by atoms with Crippen molar-refractivity contribution in [2.75, 3.05) is 38.3 Å². The summed E-state index contributed by atoms with van der Waals surface area (Å²) in [6.45, 7) is 8.44. The van der Waals surface area contributed by atoms with Gasteiger partial charge >= 0.3 is 5.97 Å². The third kappa shape index (κ3) is 2.93. The Hall–Kier alpha value is -1.66. The van der Waals surface area contributed by atoms with E-state index in [2.05, 4.69) is 4.90 Å². The van der Waals surface area contributed by atoms with Crippen molar-refractivity contribution >= 4 is 11.8 Å². The molecule has 23 heavy (non-hydrogen) atoms. The van der Waals surface area contributed by atoms with Crippen LogP contribution in [0.15, 0.2) is 6.07 Å². The predicted octanol–water partition coefficient (Wildman–Crippen LogP) is 2.01. The Kier molecular flexibility index (Phi) is 4.82. The van der Waals surface area contributed by atoms with Gasteiger partial charge in [-0.3, -0.25) is 0 Å². The molecular formula is C17H24N2O4. The van der Waals surface area contributed by atoms with Gasteiger partial charge in [-0.1, -0.05) is 13.8 Å². The number of fused-ring (bicyclic) bond motifs is 2. The molecule has 0 N–H and O–H groups in total. The van der Waals surface area contributed by atoms with E-state index in [1.165, 1.54) is 7.11 Å². The summed E-state index contributed by atoms with van der Waals surface area (Å²) >= 11 is 0. The molecule has 3 aliphatic rings. The Bertz CT molecular complexity index is 578. The highest BCUT2D eigenvalue weighted by Gasteiger charge is 2.39. The first-order valence-electron chi connectivity index (χ1n) is 8.28. The minimum atomic E-state index is -0.333. The van der Waals surface area contributed by atoms with Crippen LogP contribution in [-0.4, -0.2) is 44.4 Å². The van der Waals surface area contributed by atoms with Gasteiger partial charge in [0.25, 0.3) is 0 Å². The van der Waals surface area contributed by atoms with Crippen LogP contribution in [0.2, 0.25) is 0 Å². The smallest absolute Gasteiger partial charge is 0.341 e. The lowest BCUT2D eigenvalue weighted by atomic mass is 10.0. The summed E-state index contributed by atoms with van der Waals surface area (Å²) < 4.78 is 15.9. The van der Waals surface area contributed by atoms with Gasteiger partial charge in [0, 0.05) is 30.5 Å². The summed E-state index contributed by atoms with van der Waals surface area (Å²) in [6, 6.07) is 1.88. The molecule has 0 spiro atoms. The van der Waals surface area contributed by atoms with E-state index in [-0.39, 0.29) is 5.97 Å². The van der Waals surface area contributed by atoms with E-state index in [4.69, 9.17) is 19.2 Å². The fraction of sp³-hybridized carbons (Fsp3) is 0.647. The lowest BCUT2D eigenvalue weighted by Gasteiger charge is -2.21. The number of pyridine rings is 1. The fourth-order valence-electron chi connectivity index (χ4n) is 3.45. The molecule has 126 valence electrons. The molecule has 2 atom stereocenters. The summed E-state index contributed by atoms with van der Waals surface area (Å²) in [7, 11) is 1.41. The van der Waals surface area contributed by atoms with Gasteiger partial charge in [-0.15, -0.1) is 0 Å². The van der Waals surface area contributed by atoms with Crippen LogP contribution in [-0.2, 0) is 27.4 Å². The quantitative estimate of drug-likeness (QED) is 0.777. The lowest BCUT2D eigenvalue weighted by molar-refractivity contribution is 0.0601. The highest BCUT2D eigenvalue weighted by molar-refractivity contribution is 5.95. The second-order valence-electron chi connectivity index (χ2n) is 5.91. The molecule has 4 rings (SSSR count). The summed E-state index contributed by atoms with van der Waals surface area (Å²) in [4.78, 5) is 19.0. The van der Waals surface area contributed by atoms with Crippen LogP contribution < -0.4 is 4.90 Å². The van der Waals surface area contributed by atoms with E-state index in [0.717, 1.165) is 43.4 Å². The maximum atomic E-state index is 12.1. The Morgan fingerprint density at radius 1 is 1.22 bits per heavy atom. The van der Waals surface area contributed by atoms with Crippen LogP contribution >= 0.6 is 0 Å². The van der Waals surface area contributed by atoms with Crippen LogP contribution in [0.1, 0.15) is 35.5 Å². The first-order valence-corrected chi connectivity index (χ1v) is 8.28. The average Bonchev–Trinajstić information content (AvgIpc) is 3.29. The average molecular weight is 320 g/mol. The van der Waals surface area contributed by atoms with E-state index >= 15 is 0 Å². The highest BCUT2D eigenvalue weighted by Crippen LogP contribution is 2.35.